The Morgan fingerprint density at radius 2 is 1.88 bits per heavy atom. The van der Waals surface area contributed by atoms with Crippen molar-refractivity contribution < 1.29 is 19.1 Å². The zero-order chi connectivity index (χ0) is 5.91. The van der Waals surface area contributed by atoms with Crippen molar-refractivity contribution in [3.8, 4) is 0 Å². The Bertz CT molecular complexity index is 107. The summed E-state index contributed by atoms with van der Waals surface area (Å²) < 4.78 is 9.69. The molecule has 0 aromatic carbocycles. The zero-order valence-electron chi connectivity index (χ0n) is 3.44. The van der Waals surface area contributed by atoms with Gasteiger partial charge in [0.15, 0.2) is 0 Å². The van der Waals surface area contributed by atoms with Gasteiger partial charge in [0.2, 0.25) is 0 Å². The van der Waals surface area contributed by atoms with E-state index in [-0.39, 0.29) is 35.8 Å². The van der Waals surface area contributed by atoms with Crippen molar-refractivity contribution in [1.82, 2.24) is 0 Å². The molecule has 4 nitrogen and oxygen atoms in total. The SMILES string of the molecule is O=CCP(=O)(O)O.[NaH]. The molecule has 8 heavy (non-hydrogen) atoms. The third-order valence-electron chi connectivity index (χ3n) is 0.312. The summed E-state index contributed by atoms with van der Waals surface area (Å²) in [5.41, 5.74) is 0. The van der Waals surface area contributed by atoms with Crippen molar-refractivity contribution in [2.24, 2.45) is 0 Å². The van der Waals surface area contributed by atoms with E-state index < -0.39 is 13.8 Å². The van der Waals surface area contributed by atoms with Crippen molar-refractivity contribution in [3.05, 3.63) is 0 Å². The van der Waals surface area contributed by atoms with Gasteiger partial charge in [-0.3, -0.25) is 4.57 Å². The first-order chi connectivity index (χ1) is 3.06. The number of hydrogen-bond acceptors (Lipinski definition) is 2. The summed E-state index contributed by atoms with van der Waals surface area (Å²) in [5.74, 6) is 0. The number of hydrogen-bond donors (Lipinski definition) is 2. The van der Waals surface area contributed by atoms with Gasteiger partial charge < -0.3 is 14.6 Å². The summed E-state index contributed by atoms with van der Waals surface area (Å²) in [7, 11) is -4.03. The minimum atomic E-state index is -4.03. The van der Waals surface area contributed by atoms with Crippen LogP contribution in [-0.2, 0) is 9.36 Å². The number of rotatable bonds is 2. The van der Waals surface area contributed by atoms with Crippen LogP contribution in [0.2, 0.25) is 0 Å². The van der Waals surface area contributed by atoms with E-state index in [0.717, 1.165) is 0 Å². The van der Waals surface area contributed by atoms with Crippen LogP contribution in [0.1, 0.15) is 0 Å². The summed E-state index contributed by atoms with van der Waals surface area (Å²) in [4.78, 5) is 25.1. The third-order valence-corrected chi connectivity index (χ3v) is 0.937. The maximum absolute atomic E-state index is 9.69. The second kappa shape index (κ2) is 4.68. The molecule has 0 saturated heterocycles. The molecule has 0 bridgehead atoms. The van der Waals surface area contributed by atoms with Crippen molar-refractivity contribution in [1.29, 1.82) is 0 Å². The van der Waals surface area contributed by atoms with Crippen LogP contribution < -0.4 is 0 Å². The Hall–Kier alpha value is 0.820. The van der Waals surface area contributed by atoms with Crippen LogP contribution >= 0.6 is 7.60 Å². The summed E-state index contributed by atoms with van der Waals surface area (Å²) in [6.45, 7) is 0. The average molecular weight is 148 g/mol. The number of carbonyl (C=O) groups is 1. The van der Waals surface area contributed by atoms with Gasteiger partial charge in [0.1, 0.15) is 12.4 Å². The van der Waals surface area contributed by atoms with Gasteiger partial charge in [0, 0.05) is 0 Å². The number of carbonyl (C=O) groups excluding carboxylic acids is 1. The van der Waals surface area contributed by atoms with Crippen LogP contribution in [0.15, 0.2) is 0 Å². The predicted octanol–water partition coefficient (Wildman–Crippen LogP) is -1.29. The molecule has 0 amide bonds. The molecule has 0 rings (SSSR count). The molecule has 44 valence electrons. The van der Waals surface area contributed by atoms with E-state index in [4.69, 9.17) is 9.79 Å². The van der Waals surface area contributed by atoms with Gasteiger partial charge in [-0.15, -0.1) is 0 Å². The Morgan fingerprint density at radius 1 is 1.50 bits per heavy atom. The van der Waals surface area contributed by atoms with Crippen LogP contribution in [0, 0.1) is 0 Å². The maximum atomic E-state index is 9.69. The topological polar surface area (TPSA) is 74.6 Å². The summed E-state index contributed by atoms with van der Waals surface area (Å²) in [6.07, 6.45) is -0.478. The molecule has 0 radical (unpaired) electrons. The molecule has 0 aromatic heterocycles. The fourth-order valence-corrected chi connectivity index (χ4v) is 0.291. The van der Waals surface area contributed by atoms with Crippen LogP contribution in [0.4, 0.5) is 0 Å². The standard InChI is InChI=1S/C2H5O4P.Na.H/c3-1-2-7(4,5)6;;/h1H,2H2,(H2,4,5,6);;. The second-order valence-electron chi connectivity index (χ2n) is 1.01. The van der Waals surface area contributed by atoms with E-state index in [1.165, 1.54) is 0 Å². The third kappa shape index (κ3) is 9.94. The Balaban J connectivity index is 0. The van der Waals surface area contributed by atoms with E-state index in [0.29, 0.717) is 0 Å². The number of aldehydes is 1. The summed E-state index contributed by atoms with van der Waals surface area (Å²) >= 11 is 0. The summed E-state index contributed by atoms with van der Waals surface area (Å²) in [6, 6.07) is 0. The van der Waals surface area contributed by atoms with Gasteiger partial charge in [0.05, 0.1) is 0 Å². The molecule has 6 heteroatoms. The Labute approximate surface area is 68.7 Å². The molecular formula is C2H6NaO4P. The van der Waals surface area contributed by atoms with Crippen molar-refractivity contribution in [3.63, 3.8) is 0 Å². The van der Waals surface area contributed by atoms with E-state index in [1.807, 2.05) is 0 Å². The minimum absolute atomic E-state index is 0. The molecule has 0 spiro atoms. The van der Waals surface area contributed by atoms with Crippen LogP contribution in [0.5, 0.6) is 0 Å². The van der Waals surface area contributed by atoms with Gasteiger partial charge >= 0.3 is 37.2 Å². The zero-order valence-corrected chi connectivity index (χ0v) is 4.34. The molecule has 0 saturated carbocycles. The van der Waals surface area contributed by atoms with Gasteiger partial charge in [-0.1, -0.05) is 0 Å². The van der Waals surface area contributed by atoms with Crippen molar-refractivity contribution in [2.45, 2.75) is 0 Å². The normalized spacial score (nSPS) is 9.75. The molecule has 0 atom stereocenters. The van der Waals surface area contributed by atoms with E-state index in [2.05, 4.69) is 0 Å². The molecule has 2 N–H and O–H groups in total. The molecular weight excluding hydrogens is 142 g/mol. The van der Waals surface area contributed by atoms with Crippen LogP contribution in [0.3, 0.4) is 0 Å². The van der Waals surface area contributed by atoms with Crippen LogP contribution in [0.25, 0.3) is 0 Å². The molecule has 0 aliphatic carbocycles. The Morgan fingerprint density at radius 3 is 1.88 bits per heavy atom. The molecule has 0 aliphatic heterocycles. The van der Waals surface area contributed by atoms with E-state index >= 15 is 0 Å². The summed E-state index contributed by atoms with van der Waals surface area (Å²) in [5, 5.41) is 0. The first-order valence-corrected chi connectivity index (χ1v) is 3.34. The fourth-order valence-electron chi connectivity index (χ4n) is 0.0971. The molecule has 0 fully saturated rings. The van der Waals surface area contributed by atoms with Gasteiger partial charge in [-0.2, -0.15) is 0 Å². The quantitative estimate of drug-likeness (QED) is 0.290. The first kappa shape index (κ1) is 11.6. The molecule has 0 heterocycles. The van der Waals surface area contributed by atoms with Crippen LogP contribution in [-0.4, -0.2) is 51.8 Å². The molecule has 0 aliphatic rings. The van der Waals surface area contributed by atoms with Gasteiger partial charge in [0.25, 0.3) is 0 Å². The molecule has 0 unspecified atom stereocenters. The monoisotopic (exact) mass is 148 g/mol. The van der Waals surface area contributed by atoms with Gasteiger partial charge in [-0.05, 0) is 0 Å². The predicted molar refractivity (Wildman–Crippen MR) is 30.1 cm³/mol. The first-order valence-electron chi connectivity index (χ1n) is 1.54. The van der Waals surface area contributed by atoms with Gasteiger partial charge in [-0.25, -0.2) is 0 Å². The fraction of sp³-hybridized carbons (Fsp3) is 0.500. The Kier molecular flexibility index (Phi) is 6.78. The van der Waals surface area contributed by atoms with E-state index in [9.17, 15) is 9.36 Å². The average Bonchev–Trinajstić information content (AvgIpc) is 1.30. The van der Waals surface area contributed by atoms with E-state index in [1.54, 1.807) is 0 Å². The van der Waals surface area contributed by atoms with Crippen molar-refractivity contribution >= 4 is 43.4 Å². The second-order valence-corrected chi connectivity index (χ2v) is 2.71. The van der Waals surface area contributed by atoms with Crippen molar-refractivity contribution in [2.75, 3.05) is 6.16 Å². The molecule has 0 aromatic rings.